The molecule has 2 nitrogen and oxygen atoms in total. The van der Waals surface area contributed by atoms with Gasteiger partial charge in [-0.25, -0.2) is 0 Å². The standard InChI is InChI=1S/C13H14N2.H2/c1-4-10-12(5-2)15(3)13-9-7-6-8-11(13)14-10;/h4-9,14H,1-2H2,3H3;1H. The minimum atomic E-state index is 0. The first-order chi connectivity index (χ1) is 7.27. The molecule has 0 saturated carbocycles. The maximum absolute atomic E-state index is 3.82. The minimum absolute atomic E-state index is 0. The van der Waals surface area contributed by atoms with Crippen LogP contribution in [0.25, 0.3) is 0 Å². The highest BCUT2D eigenvalue weighted by atomic mass is 15.2. The summed E-state index contributed by atoms with van der Waals surface area (Å²) in [7, 11) is 2.03. The number of hydrogen-bond donors (Lipinski definition) is 1. The summed E-state index contributed by atoms with van der Waals surface area (Å²) in [4.78, 5) is 2.11. The Morgan fingerprint density at radius 2 is 2.00 bits per heavy atom. The lowest BCUT2D eigenvalue weighted by Gasteiger charge is -2.30. The Balaban J connectivity index is 0.00000128. The molecule has 0 spiro atoms. The molecule has 0 bridgehead atoms. The molecule has 0 aromatic heterocycles. The second-order valence-electron chi connectivity index (χ2n) is 3.41. The predicted molar refractivity (Wildman–Crippen MR) is 68.0 cm³/mol. The third kappa shape index (κ3) is 1.44. The van der Waals surface area contributed by atoms with Crippen molar-refractivity contribution in [2.45, 2.75) is 0 Å². The van der Waals surface area contributed by atoms with Crippen molar-refractivity contribution in [2.75, 3.05) is 17.3 Å². The van der Waals surface area contributed by atoms with Crippen LogP contribution in [-0.4, -0.2) is 7.05 Å². The van der Waals surface area contributed by atoms with Crippen molar-refractivity contribution < 1.29 is 1.43 Å². The average Bonchev–Trinajstić information content (AvgIpc) is 2.29. The third-order valence-electron chi connectivity index (χ3n) is 2.57. The van der Waals surface area contributed by atoms with Gasteiger partial charge in [0.1, 0.15) is 0 Å². The van der Waals surface area contributed by atoms with Crippen molar-refractivity contribution in [2.24, 2.45) is 0 Å². The van der Waals surface area contributed by atoms with Crippen LogP contribution < -0.4 is 10.2 Å². The Hall–Kier alpha value is -1.96. The van der Waals surface area contributed by atoms with E-state index in [0.29, 0.717) is 0 Å². The van der Waals surface area contributed by atoms with Crippen LogP contribution >= 0.6 is 0 Å². The normalized spacial score (nSPS) is 14.3. The molecular weight excluding hydrogens is 184 g/mol. The first kappa shape index (κ1) is 9.59. The lowest BCUT2D eigenvalue weighted by molar-refractivity contribution is 1.09. The molecule has 1 heterocycles. The van der Waals surface area contributed by atoms with E-state index in [-0.39, 0.29) is 1.43 Å². The zero-order valence-electron chi connectivity index (χ0n) is 8.83. The number of likely N-dealkylation sites (N-methyl/N-ethyl adjacent to an activating group) is 1. The second-order valence-corrected chi connectivity index (χ2v) is 3.41. The molecule has 0 radical (unpaired) electrons. The monoisotopic (exact) mass is 200 g/mol. The Morgan fingerprint density at radius 1 is 1.27 bits per heavy atom. The zero-order valence-corrected chi connectivity index (χ0v) is 8.83. The summed E-state index contributed by atoms with van der Waals surface area (Å²) in [5.74, 6) is 0. The summed E-state index contributed by atoms with van der Waals surface area (Å²) >= 11 is 0. The van der Waals surface area contributed by atoms with Crippen LogP contribution in [0.5, 0.6) is 0 Å². The number of fused-ring (bicyclic) bond motifs is 1. The zero-order chi connectivity index (χ0) is 10.8. The van der Waals surface area contributed by atoms with Crippen LogP contribution in [0, 0.1) is 0 Å². The lowest BCUT2D eigenvalue weighted by atomic mass is 10.1. The Labute approximate surface area is 91.7 Å². The van der Waals surface area contributed by atoms with Crippen molar-refractivity contribution in [1.82, 2.24) is 0 Å². The van der Waals surface area contributed by atoms with E-state index in [2.05, 4.69) is 35.5 Å². The highest BCUT2D eigenvalue weighted by Crippen LogP contribution is 2.34. The number of hydrogen-bond acceptors (Lipinski definition) is 2. The van der Waals surface area contributed by atoms with Gasteiger partial charge in [-0.05, 0) is 24.3 Å². The Morgan fingerprint density at radius 3 is 2.67 bits per heavy atom. The molecule has 1 N–H and O–H groups in total. The predicted octanol–water partition coefficient (Wildman–Crippen LogP) is 3.38. The van der Waals surface area contributed by atoms with Gasteiger partial charge in [0.25, 0.3) is 0 Å². The maximum atomic E-state index is 3.82. The van der Waals surface area contributed by atoms with Crippen LogP contribution in [0.1, 0.15) is 1.43 Å². The van der Waals surface area contributed by atoms with Crippen molar-refractivity contribution >= 4 is 11.4 Å². The topological polar surface area (TPSA) is 15.3 Å². The Kier molecular flexibility index (Phi) is 2.34. The van der Waals surface area contributed by atoms with E-state index in [1.165, 1.54) is 0 Å². The molecule has 2 heteroatoms. The molecule has 1 aliphatic heterocycles. The SMILES string of the molecule is C=CC1=C(C=C)N(C)c2ccccc2N1.[HH]. The number of anilines is 2. The van der Waals surface area contributed by atoms with Crippen LogP contribution in [0.2, 0.25) is 0 Å². The number of para-hydroxylation sites is 2. The highest BCUT2D eigenvalue weighted by Gasteiger charge is 2.17. The molecule has 1 aromatic carbocycles. The maximum Gasteiger partial charge on any atom is 0.0647 e. The van der Waals surface area contributed by atoms with Gasteiger partial charge in [0.15, 0.2) is 0 Å². The lowest BCUT2D eigenvalue weighted by Crippen LogP contribution is -2.24. The van der Waals surface area contributed by atoms with Gasteiger partial charge in [-0.15, -0.1) is 0 Å². The van der Waals surface area contributed by atoms with Crippen molar-refractivity contribution in [3.63, 3.8) is 0 Å². The quantitative estimate of drug-likeness (QED) is 0.787. The number of benzene rings is 1. The van der Waals surface area contributed by atoms with E-state index in [1.807, 2.05) is 31.3 Å². The molecule has 0 fully saturated rings. The molecule has 0 atom stereocenters. The molecule has 15 heavy (non-hydrogen) atoms. The van der Waals surface area contributed by atoms with E-state index in [4.69, 9.17) is 0 Å². The van der Waals surface area contributed by atoms with Gasteiger partial charge in [0, 0.05) is 8.47 Å². The number of rotatable bonds is 2. The van der Waals surface area contributed by atoms with E-state index in [9.17, 15) is 0 Å². The van der Waals surface area contributed by atoms with Crippen LogP contribution in [0.15, 0.2) is 61.0 Å². The number of nitrogens with one attached hydrogen (secondary N) is 1. The Bertz CT molecular complexity index is 449. The largest absolute Gasteiger partial charge is 0.352 e. The van der Waals surface area contributed by atoms with Gasteiger partial charge in [-0.3, -0.25) is 0 Å². The summed E-state index contributed by atoms with van der Waals surface area (Å²) in [6.07, 6.45) is 3.64. The molecule has 0 aliphatic carbocycles. The summed E-state index contributed by atoms with van der Waals surface area (Å²) in [6.45, 7) is 7.61. The van der Waals surface area contributed by atoms with Crippen molar-refractivity contribution in [1.29, 1.82) is 0 Å². The first-order valence-corrected chi connectivity index (χ1v) is 4.87. The fourth-order valence-corrected chi connectivity index (χ4v) is 1.79. The van der Waals surface area contributed by atoms with Gasteiger partial charge in [-0.1, -0.05) is 25.3 Å². The van der Waals surface area contributed by atoms with Crippen molar-refractivity contribution in [3.8, 4) is 0 Å². The van der Waals surface area contributed by atoms with Gasteiger partial charge in [0.05, 0.1) is 22.8 Å². The van der Waals surface area contributed by atoms with E-state index < -0.39 is 0 Å². The third-order valence-corrected chi connectivity index (χ3v) is 2.57. The summed E-state index contributed by atoms with van der Waals surface area (Å²) in [6, 6.07) is 8.16. The fraction of sp³-hybridized carbons (Fsp3) is 0.0769. The molecule has 0 saturated heterocycles. The summed E-state index contributed by atoms with van der Waals surface area (Å²) in [5, 5.41) is 3.33. The van der Waals surface area contributed by atoms with Crippen LogP contribution in [-0.2, 0) is 0 Å². The smallest absolute Gasteiger partial charge is 0.0647 e. The van der Waals surface area contributed by atoms with Gasteiger partial charge in [0.2, 0.25) is 0 Å². The summed E-state index contributed by atoms with van der Waals surface area (Å²) < 4.78 is 0. The molecule has 0 unspecified atom stereocenters. The highest BCUT2D eigenvalue weighted by molar-refractivity contribution is 5.79. The minimum Gasteiger partial charge on any atom is -0.352 e. The molecule has 1 aliphatic rings. The van der Waals surface area contributed by atoms with Gasteiger partial charge in [-0.2, -0.15) is 0 Å². The second kappa shape index (κ2) is 3.65. The molecule has 1 aromatic rings. The fourth-order valence-electron chi connectivity index (χ4n) is 1.79. The molecule has 2 rings (SSSR count). The van der Waals surface area contributed by atoms with E-state index in [1.54, 1.807) is 0 Å². The van der Waals surface area contributed by atoms with Gasteiger partial charge >= 0.3 is 0 Å². The summed E-state index contributed by atoms with van der Waals surface area (Å²) in [5.41, 5.74) is 4.29. The van der Waals surface area contributed by atoms with Gasteiger partial charge < -0.3 is 10.2 Å². The van der Waals surface area contributed by atoms with E-state index in [0.717, 1.165) is 22.8 Å². The van der Waals surface area contributed by atoms with Crippen LogP contribution in [0.3, 0.4) is 0 Å². The number of nitrogens with zero attached hydrogens (tertiary/aromatic N) is 1. The van der Waals surface area contributed by atoms with Crippen molar-refractivity contribution in [3.05, 3.63) is 61.0 Å². The van der Waals surface area contributed by atoms with E-state index >= 15 is 0 Å². The average molecular weight is 200 g/mol. The molecule has 78 valence electrons. The molecular formula is C13H16N2. The molecule has 0 amide bonds. The van der Waals surface area contributed by atoms with Crippen LogP contribution in [0.4, 0.5) is 11.4 Å². The first-order valence-electron chi connectivity index (χ1n) is 4.87. The number of allylic oxidation sites excluding steroid dienone is 2.